The number of carbonyl (C=O) groups excluding carboxylic acids is 2. The van der Waals surface area contributed by atoms with Gasteiger partial charge in [-0.1, -0.05) is 36.0 Å². The number of carbonyl (C=O) groups is 3. The Labute approximate surface area is 222 Å². The lowest BCUT2D eigenvalue weighted by molar-refractivity contribution is 0.0694. The number of anilines is 1. The quantitative estimate of drug-likeness (QED) is 0.277. The third-order valence-electron chi connectivity index (χ3n) is 6.24. The van der Waals surface area contributed by atoms with Gasteiger partial charge in [-0.05, 0) is 67.3 Å². The molecule has 0 spiro atoms. The van der Waals surface area contributed by atoms with Gasteiger partial charge >= 0.3 is 5.97 Å². The van der Waals surface area contributed by atoms with Crippen LogP contribution in [-0.4, -0.2) is 45.9 Å². The molecule has 1 aromatic heterocycles. The number of hydrogen-bond acceptors (Lipinski definition) is 6. The third-order valence-corrected chi connectivity index (χ3v) is 8.47. The fourth-order valence-electron chi connectivity index (χ4n) is 4.26. The number of benzene rings is 3. The van der Waals surface area contributed by atoms with Gasteiger partial charge in [-0.2, -0.15) is 0 Å². The summed E-state index contributed by atoms with van der Waals surface area (Å²) < 4.78 is 1.83. The largest absolute Gasteiger partial charge is 0.478 e. The summed E-state index contributed by atoms with van der Waals surface area (Å²) in [6.07, 6.45) is 3.12. The number of aromatic nitrogens is 1. The lowest BCUT2D eigenvalue weighted by atomic mass is 10.0. The van der Waals surface area contributed by atoms with E-state index in [-0.39, 0.29) is 17.4 Å². The molecule has 0 atom stereocenters. The molecule has 188 valence electrons. The number of piperidine rings is 1. The number of nitrogens with zero attached hydrogens (tertiary/aromatic N) is 2. The number of thiazole rings is 1. The topological polar surface area (TPSA) is 99.6 Å². The molecule has 2 N–H and O–H groups in total. The SMILES string of the molecule is O=C(O)c1ccc(CSc2nc3ccc(NC(=O)c4ccccc4C(=O)N4CCCCC4)cc3s2)cc1. The number of carboxylic acid groups (broad SMARTS) is 1. The number of hydrogen-bond donors (Lipinski definition) is 2. The number of likely N-dealkylation sites (tertiary alicyclic amines) is 1. The van der Waals surface area contributed by atoms with Crippen molar-refractivity contribution in [2.75, 3.05) is 18.4 Å². The summed E-state index contributed by atoms with van der Waals surface area (Å²) in [4.78, 5) is 43.7. The van der Waals surface area contributed by atoms with E-state index >= 15 is 0 Å². The predicted molar refractivity (Wildman–Crippen MR) is 147 cm³/mol. The molecule has 0 bridgehead atoms. The van der Waals surface area contributed by atoms with Gasteiger partial charge < -0.3 is 15.3 Å². The molecule has 0 aliphatic carbocycles. The number of aromatic carboxylic acids is 1. The molecule has 7 nitrogen and oxygen atoms in total. The summed E-state index contributed by atoms with van der Waals surface area (Å²) >= 11 is 3.11. The lowest BCUT2D eigenvalue weighted by Gasteiger charge is -2.27. The lowest BCUT2D eigenvalue weighted by Crippen LogP contribution is -2.36. The van der Waals surface area contributed by atoms with E-state index in [1.165, 1.54) is 11.3 Å². The van der Waals surface area contributed by atoms with Gasteiger partial charge in [-0.15, -0.1) is 11.3 Å². The van der Waals surface area contributed by atoms with E-state index in [0.717, 1.165) is 52.5 Å². The average molecular weight is 532 g/mol. The first-order valence-electron chi connectivity index (χ1n) is 12.0. The van der Waals surface area contributed by atoms with Crippen molar-refractivity contribution in [3.05, 3.63) is 89.0 Å². The highest BCUT2D eigenvalue weighted by atomic mass is 32.2. The van der Waals surface area contributed by atoms with Crippen LogP contribution < -0.4 is 5.32 Å². The number of fused-ring (bicyclic) bond motifs is 1. The number of thioether (sulfide) groups is 1. The molecule has 9 heteroatoms. The first-order valence-corrected chi connectivity index (χ1v) is 13.8. The van der Waals surface area contributed by atoms with Crippen LogP contribution in [0.5, 0.6) is 0 Å². The minimum Gasteiger partial charge on any atom is -0.478 e. The molecule has 4 aromatic rings. The standard InChI is InChI=1S/C28H25N3O4S2/c32-25(21-6-2-3-7-22(21)26(33)31-14-4-1-5-15-31)29-20-12-13-23-24(16-20)37-28(30-23)36-17-18-8-10-19(11-9-18)27(34)35/h2-3,6-13,16H,1,4-5,14-15,17H2,(H,29,32)(H,34,35). The minimum atomic E-state index is -0.939. The Balaban J connectivity index is 1.27. The maximum atomic E-state index is 13.2. The van der Waals surface area contributed by atoms with Crippen LogP contribution in [0.25, 0.3) is 10.2 Å². The maximum absolute atomic E-state index is 13.2. The zero-order valence-electron chi connectivity index (χ0n) is 20.0. The van der Waals surface area contributed by atoms with Crippen molar-refractivity contribution in [1.29, 1.82) is 0 Å². The number of carboxylic acids is 1. The molecular weight excluding hydrogens is 506 g/mol. The van der Waals surface area contributed by atoms with Crippen LogP contribution in [0, 0.1) is 0 Å². The molecule has 1 aliphatic heterocycles. The van der Waals surface area contributed by atoms with Gasteiger partial charge in [0.25, 0.3) is 11.8 Å². The van der Waals surface area contributed by atoms with Crippen molar-refractivity contribution in [2.45, 2.75) is 29.4 Å². The van der Waals surface area contributed by atoms with Gasteiger partial charge in [0, 0.05) is 24.5 Å². The zero-order valence-corrected chi connectivity index (χ0v) is 21.6. The van der Waals surface area contributed by atoms with E-state index in [1.807, 2.05) is 35.2 Å². The Kier molecular flexibility index (Phi) is 7.52. The van der Waals surface area contributed by atoms with Crippen molar-refractivity contribution >= 4 is 56.8 Å². The molecule has 0 radical (unpaired) electrons. The van der Waals surface area contributed by atoms with Crippen molar-refractivity contribution in [3.63, 3.8) is 0 Å². The van der Waals surface area contributed by atoms with Crippen molar-refractivity contribution < 1.29 is 19.5 Å². The Morgan fingerprint density at radius 1 is 0.946 bits per heavy atom. The molecular formula is C28H25N3O4S2. The summed E-state index contributed by atoms with van der Waals surface area (Å²) in [5.74, 6) is -0.678. The van der Waals surface area contributed by atoms with Crippen LogP contribution in [0.1, 0.15) is 55.9 Å². The second-order valence-electron chi connectivity index (χ2n) is 8.81. The highest BCUT2D eigenvalue weighted by molar-refractivity contribution is 8.00. The van der Waals surface area contributed by atoms with Crippen LogP contribution in [0.2, 0.25) is 0 Å². The number of rotatable bonds is 7. The summed E-state index contributed by atoms with van der Waals surface area (Å²) in [5, 5.41) is 12.0. The molecule has 2 heterocycles. The highest BCUT2D eigenvalue weighted by Crippen LogP contribution is 2.33. The van der Waals surface area contributed by atoms with E-state index in [1.54, 1.807) is 48.2 Å². The molecule has 0 unspecified atom stereocenters. The number of amides is 2. The summed E-state index contributed by atoms with van der Waals surface area (Å²) in [6, 6.07) is 19.4. The fraction of sp³-hybridized carbons (Fsp3) is 0.214. The Morgan fingerprint density at radius 2 is 1.68 bits per heavy atom. The molecule has 37 heavy (non-hydrogen) atoms. The molecule has 2 amide bonds. The highest BCUT2D eigenvalue weighted by Gasteiger charge is 2.23. The second-order valence-corrected chi connectivity index (χ2v) is 11.1. The first kappa shape index (κ1) is 25.0. The van der Waals surface area contributed by atoms with Gasteiger partial charge in [-0.3, -0.25) is 9.59 Å². The van der Waals surface area contributed by atoms with Gasteiger partial charge in [0.1, 0.15) is 0 Å². The van der Waals surface area contributed by atoms with E-state index in [4.69, 9.17) is 5.11 Å². The van der Waals surface area contributed by atoms with Crippen LogP contribution in [0.4, 0.5) is 5.69 Å². The monoisotopic (exact) mass is 531 g/mol. The van der Waals surface area contributed by atoms with Crippen molar-refractivity contribution in [1.82, 2.24) is 9.88 Å². The van der Waals surface area contributed by atoms with Crippen LogP contribution >= 0.6 is 23.1 Å². The molecule has 1 fully saturated rings. The van der Waals surface area contributed by atoms with E-state index in [9.17, 15) is 14.4 Å². The predicted octanol–water partition coefficient (Wildman–Crippen LogP) is 6.17. The van der Waals surface area contributed by atoms with Gasteiger partial charge in [0.15, 0.2) is 4.34 Å². The van der Waals surface area contributed by atoms with Crippen LogP contribution in [0.15, 0.2) is 71.1 Å². The average Bonchev–Trinajstić information content (AvgIpc) is 3.34. The normalized spacial score (nSPS) is 13.5. The molecule has 1 saturated heterocycles. The molecule has 0 saturated carbocycles. The van der Waals surface area contributed by atoms with Crippen molar-refractivity contribution in [3.8, 4) is 0 Å². The first-order chi connectivity index (χ1) is 18.0. The van der Waals surface area contributed by atoms with E-state index in [2.05, 4.69) is 10.3 Å². The minimum absolute atomic E-state index is 0.0948. The molecule has 5 rings (SSSR count). The molecule has 1 aliphatic rings. The Hall–Kier alpha value is -3.69. The number of nitrogens with one attached hydrogen (secondary N) is 1. The fourth-order valence-corrected chi connectivity index (χ4v) is 6.33. The van der Waals surface area contributed by atoms with Gasteiger partial charge in [-0.25, -0.2) is 9.78 Å². The summed E-state index contributed by atoms with van der Waals surface area (Å²) in [7, 11) is 0. The van der Waals surface area contributed by atoms with Crippen LogP contribution in [-0.2, 0) is 5.75 Å². The van der Waals surface area contributed by atoms with Gasteiger partial charge in [0.2, 0.25) is 0 Å². The Morgan fingerprint density at radius 3 is 2.41 bits per heavy atom. The summed E-state index contributed by atoms with van der Waals surface area (Å²) in [6.45, 7) is 1.45. The van der Waals surface area contributed by atoms with Gasteiger partial charge in [0.05, 0.1) is 26.9 Å². The second kappa shape index (κ2) is 11.1. The Bertz CT molecular complexity index is 1460. The van der Waals surface area contributed by atoms with Crippen molar-refractivity contribution in [2.24, 2.45) is 0 Å². The van der Waals surface area contributed by atoms with E-state index in [0.29, 0.717) is 22.6 Å². The third kappa shape index (κ3) is 5.84. The van der Waals surface area contributed by atoms with Crippen LogP contribution in [0.3, 0.4) is 0 Å². The smallest absolute Gasteiger partial charge is 0.335 e. The zero-order chi connectivity index (χ0) is 25.8. The maximum Gasteiger partial charge on any atom is 0.335 e. The summed E-state index contributed by atoms with van der Waals surface area (Å²) in [5.41, 5.74) is 3.56. The molecule has 3 aromatic carbocycles. The van der Waals surface area contributed by atoms with E-state index < -0.39 is 5.97 Å².